The molecule has 7 heterocycles. The Kier molecular flexibility index (Phi) is 46.8. The predicted molar refractivity (Wildman–Crippen MR) is 495 cm³/mol. The topological polar surface area (TPSA) is 420 Å². The summed E-state index contributed by atoms with van der Waals surface area (Å²) < 4.78 is 85.2. The Balaban J connectivity index is 0.000000296. The first-order valence-electron chi connectivity index (χ1n) is 47.0. The number of fused-ring (bicyclic) bond motifs is 6. The first-order chi connectivity index (χ1) is 63.1. The number of nitrogens with two attached hydrogens (primary N) is 2. The zero-order valence-corrected chi connectivity index (χ0v) is 79.8. The van der Waals surface area contributed by atoms with Crippen molar-refractivity contribution in [3.8, 4) is 11.3 Å². The van der Waals surface area contributed by atoms with Gasteiger partial charge in [0, 0.05) is 117 Å². The maximum atomic E-state index is 14.6. The molecule has 0 spiro atoms. The molecule has 1 saturated carbocycles. The van der Waals surface area contributed by atoms with E-state index in [0.29, 0.717) is 222 Å². The molecule has 10 rings (SSSR count). The van der Waals surface area contributed by atoms with Crippen molar-refractivity contribution >= 4 is 69.3 Å². The summed E-state index contributed by atoms with van der Waals surface area (Å²) in [5.74, 6) is -7.36. The zero-order valence-electron chi connectivity index (χ0n) is 79.8. The fourth-order valence-corrected chi connectivity index (χ4v) is 17.3. The summed E-state index contributed by atoms with van der Waals surface area (Å²) >= 11 is 0. The minimum absolute atomic E-state index is 0.0103. The first-order valence-corrected chi connectivity index (χ1v) is 47.0. The molecular weight excluding hydrogens is 1690 g/mol. The Morgan fingerprint density at radius 2 is 1.39 bits per heavy atom. The molecule has 33 nitrogen and oxygen atoms in total. The zero-order chi connectivity index (χ0) is 94.9. The normalized spacial score (nSPS) is 26.8. The van der Waals surface area contributed by atoms with Crippen molar-refractivity contribution in [2.75, 3.05) is 152 Å². The molecule has 5 aliphatic rings. The summed E-state index contributed by atoms with van der Waals surface area (Å²) in [6.07, 6.45) is 15.1. The molecule has 16 atom stereocenters. The molecule has 4 aliphatic heterocycles. The van der Waals surface area contributed by atoms with Gasteiger partial charge in [0.05, 0.1) is 115 Å². The van der Waals surface area contributed by atoms with E-state index in [4.69, 9.17) is 87.3 Å². The Hall–Kier alpha value is -8.36. The van der Waals surface area contributed by atoms with Gasteiger partial charge in [0.1, 0.15) is 53.8 Å². The number of ketones is 2. The van der Waals surface area contributed by atoms with Crippen LogP contribution in [0, 0.1) is 35.5 Å². The van der Waals surface area contributed by atoms with E-state index in [-0.39, 0.29) is 73.3 Å². The highest BCUT2D eigenvalue weighted by molar-refractivity contribution is 6.39. The van der Waals surface area contributed by atoms with E-state index >= 15 is 0 Å². The maximum absolute atomic E-state index is 14.6. The summed E-state index contributed by atoms with van der Waals surface area (Å²) in [5, 5.41) is 41.0. The van der Waals surface area contributed by atoms with Crippen LogP contribution in [0.15, 0.2) is 94.7 Å². The number of carbonyl (C=O) groups excluding carboxylic acids is 6. The van der Waals surface area contributed by atoms with Gasteiger partial charge in [0.15, 0.2) is 17.0 Å². The smallest absolute Gasteiger partial charge is 0.329 e. The van der Waals surface area contributed by atoms with Gasteiger partial charge in [-0.25, -0.2) is 19.4 Å². The number of oxazole rings is 1. The quantitative estimate of drug-likeness (QED) is 0.0108. The summed E-state index contributed by atoms with van der Waals surface area (Å²) in [5.41, 5.74) is 20.2. The Morgan fingerprint density at radius 1 is 0.695 bits per heavy atom. The van der Waals surface area contributed by atoms with Crippen LogP contribution >= 0.6 is 0 Å². The highest BCUT2D eigenvalue weighted by Crippen LogP contribution is 2.40. The number of cyclic esters (lactones) is 1. The van der Waals surface area contributed by atoms with Crippen LogP contribution < -0.4 is 11.5 Å². The van der Waals surface area contributed by atoms with Crippen LogP contribution in [0.5, 0.6) is 0 Å². The van der Waals surface area contributed by atoms with Crippen LogP contribution in [-0.2, 0) is 115 Å². The minimum atomic E-state index is -2.44. The number of benzene rings is 2. The molecule has 3 aromatic heterocycles. The summed E-state index contributed by atoms with van der Waals surface area (Å²) in [4.78, 5) is 98.4. The van der Waals surface area contributed by atoms with E-state index in [2.05, 4.69) is 40.1 Å². The number of hydrogen-bond donors (Lipinski definition) is 5. The number of Topliss-reactive ketones (excluding diaryl/α,β-unsaturated/α-hetero) is 2. The molecule has 2 aromatic carbocycles. The highest BCUT2D eigenvalue weighted by atomic mass is 16.6. The summed E-state index contributed by atoms with van der Waals surface area (Å²) in [6, 6.07) is 10.9. The third-order valence-electron chi connectivity index (χ3n) is 24.9. The number of carbonyl (C=O) groups is 6. The lowest BCUT2D eigenvalue weighted by atomic mass is 9.78. The third-order valence-corrected chi connectivity index (χ3v) is 24.9. The monoisotopic (exact) mass is 1840 g/mol. The van der Waals surface area contributed by atoms with E-state index in [1.54, 1.807) is 48.2 Å². The van der Waals surface area contributed by atoms with Crippen LogP contribution in [0.2, 0.25) is 0 Å². The molecule has 33 heteroatoms. The number of nitrogen functional groups attached to an aromatic ring is 2. The van der Waals surface area contributed by atoms with Gasteiger partial charge in [0.2, 0.25) is 11.7 Å². The first kappa shape index (κ1) is 108. The van der Waals surface area contributed by atoms with Crippen molar-refractivity contribution < 1.29 is 115 Å². The van der Waals surface area contributed by atoms with Crippen LogP contribution in [0.4, 0.5) is 11.8 Å². The van der Waals surface area contributed by atoms with Gasteiger partial charge in [-0.3, -0.25) is 24.0 Å². The van der Waals surface area contributed by atoms with Crippen LogP contribution in [0.3, 0.4) is 0 Å². The SMILES string of the molecule is CCCOCCOCCOCCOCCOCC.CCOCCOCCC(=O)N1CCc2cc(Cn3nc(-c4ccc5oc(N)nc5c4)c4c(N)ncnc43)ccc2C1.COCCCC(=O)O[C@@H]1CC[C@@H](C[C@@H](C)[C@@H]2C[C@@H](O)[C@H](C)/C=C(\C)[C@@H](O)[C@@H](OC)C(=O)[C@H](C)C[C@H](C)/C=C/C=C/C=C(\C)[C@@H](OC)C[C@@H]3CC[C@@H](C)[C@@](O)(O3)C(=O)C(=O)N3CCCC[C@H]3C(=O)O2)C[C@H]1OC. The number of allylic oxidation sites excluding steroid dienone is 5. The van der Waals surface area contributed by atoms with Gasteiger partial charge in [-0.2, -0.15) is 10.1 Å². The second-order valence-corrected chi connectivity index (χ2v) is 34.9. The molecule has 0 unspecified atom stereocenters. The summed E-state index contributed by atoms with van der Waals surface area (Å²) in [6.45, 7) is 29.8. The van der Waals surface area contributed by atoms with E-state index < -0.39 is 90.0 Å². The van der Waals surface area contributed by atoms with Gasteiger partial charge in [-0.05, 0) is 175 Å². The van der Waals surface area contributed by atoms with Gasteiger partial charge in [-0.1, -0.05) is 96.2 Å². The van der Waals surface area contributed by atoms with Crippen molar-refractivity contribution in [2.45, 2.75) is 252 Å². The second kappa shape index (κ2) is 56.7. The van der Waals surface area contributed by atoms with E-state index in [1.165, 1.54) is 23.9 Å². The fraction of sp³-hybridized carbons (Fsp3) is 0.673. The number of aliphatic hydroxyl groups is 3. The largest absolute Gasteiger partial charge is 0.460 e. The number of amides is 2. The molecule has 5 aromatic rings. The molecule has 2 bridgehead atoms. The second-order valence-electron chi connectivity index (χ2n) is 34.9. The number of aromatic nitrogens is 5. The number of hydrogen-bond acceptors (Lipinski definition) is 30. The molecule has 1 aliphatic carbocycles. The van der Waals surface area contributed by atoms with Crippen molar-refractivity contribution in [3.63, 3.8) is 0 Å². The van der Waals surface area contributed by atoms with Crippen molar-refractivity contribution in [2.24, 2.45) is 35.5 Å². The van der Waals surface area contributed by atoms with E-state index in [9.17, 15) is 44.1 Å². The molecule has 2 saturated heterocycles. The summed E-state index contributed by atoms with van der Waals surface area (Å²) in [7, 11) is 6.15. The number of piperidine rings is 1. The Labute approximate surface area is 773 Å². The lowest BCUT2D eigenvalue weighted by molar-refractivity contribution is -0.265. The predicted octanol–water partition coefficient (Wildman–Crippen LogP) is 11.6. The van der Waals surface area contributed by atoms with Crippen molar-refractivity contribution in [3.05, 3.63) is 107 Å². The van der Waals surface area contributed by atoms with Crippen LogP contribution in [0.25, 0.3) is 33.4 Å². The molecule has 7 N–H and O–H groups in total. The average Bonchev–Trinajstić information content (AvgIpc) is 1.75. The molecule has 730 valence electrons. The van der Waals surface area contributed by atoms with Crippen LogP contribution in [-0.4, -0.2) is 286 Å². The number of aliphatic hydroxyl groups excluding tert-OH is 2. The van der Waals surface area contributed by atoms with Gasteiger partial charge < -0.3 is 107 Å². The molecule has 131 heavy (non-hydrogen) atoms. The highest BCUT2D eigenvalue weighted by Gasteiger charge is 2.53. The van der Waals surface area contributed by atoms with Gasteiger partial charge in [0.25, 0.3) is 17.7 Å². The maximum Gasteiger partial charge on any atom is 0.329 e. The number of esters is 2. The minimum Gasteiger partial charge on any atom is -0.460 e. The Morgan fingerprint density at radius 3 is 2.06 bits per heavy atom. The van der Waals surface area contributed by atoms with Crippen molar-refractivity contribution in [1.82, 2.24) is 34.5 Å². The number of rotatable bonds is 36. The lowest BCUT2D eigenvalue weighted by Gasteiger charge is -2.43. The number of ether oxygens (including phenoxy) is 14. The van der Waals surface area contributed by atoms with Gasteiger partial charge >= 0.3 is 11.9 Å². The standard InChI is InChI=1S/C56H89NO15.C29H32N8O4.C13H28O5/c1-34-18-13-12-14-19-35(2)46(67-9)32-42-24-22-40(7)56(65,72-42)53(62)54(63)57-26-16-15-20-43(57)55(64)71-47(33-44(58)36(3)29-39(6)51(61)52(69-11)50(60)38(5)28-34)37(4)30-41-23-25-45(48(31-41)68-10)70-49(59)21-17-27-66-8;1-2-39-11-12-40-10-8-24(38)36-9-7-19-13-18(3-4-21(19)16-36)15-37-28-25(27(30)32-17-33-28)26(35-37)20-5-6-23-22(14-20)34-29(31)41-23;1-3-5-15-8-9-17-12-13-18-11-10-16-7-6-14-4-2/h12-14,18-19,29,34,36-38,40-48,51-52,58,61,65H,15-17,20-28,30-33H2,1-11H3;3-6,13-14,17H,2,7-12,15-16H2,1H3,(H2,31,34)(H2,30,32,33);3-13H2,1-2H3/b14-12+,18-13+,35-19+,39-29+;;/t34-,36-,37-,38-,40-,41+,42+,43+,44-,45-,46+,47+,48-,51-,52+,56-;;/m1../s1. The fourth-order valence-electron chi connectivity index (χ4n) is 17.3. The van der Waals surface area contributed by atoms with Crippen molar-refractivity contribution in [1.29, 1.82) is 0 Å². The van der Waals surface area contributed by atoms with Gasteiger partial charge in [-0.15, -0.1) is 0 Å². The third kappa shape index (κ3) is 33.3. The van der Waals surface area contributed by atoms with E-state index in [1.807, 2.05) is 99.7 Å². The molecule has 3 fully saturated rings. The van der Waals surface area contributed by atoms with E-state index in [0.717, 1.165) is 48.3 Å². The van der Waals surface area contributed by atoms with Crippen LogP contribution in [0.1, 0.15) is 189 Å². The number of anilines is 2. The molecule has 0 radical (unpaired) electrons. The number of methoxy groups -OCH3 is 4. The molecule has 2 amide bonds. The Bertz CT molecular complexity index is 4440. The average molecular weight is 1840 g/mol. The number of nitrogens with zero attached hydrogens (tertiary/aromatic N) is 7. The lowest BCUT2D eigenvalue weighted by Crippen LogP contribution is -2.61. The molecular formula is C98H149N9O24.